The summed E-state index contributed by atoms with van der Waals surface area (Å²) in [6.45, 7) is 6.43. The standard InChI is InChI=1S/C57H96O6/c1-4-7-10-13-16-19-22-25-27-29-31-32-35-38-41-44-47-50-56(59)62-53-54(52-61-55(58)49-46-43-40-37-34-24-21-18-15-12-9-6-3)63-57(60)51-48-45-42-39-36-33-30-28-26-23-20-17-14-11-8-5-2/h8,11,16-21,25-28,33,36,54H,4-7,9-10,12-15,22-24,29-32,34-35,37-53H2,1-3H3/b11-8-,19-16-,20-17-,21-18-,27-25-,28-26-,36-33-. The molecule has 6 nitrogen and oxygen atoms in total. The number of carbonyl (C=O) groups excluding carboxylic acids is 3. The first kappa shape index (κ1) is 59.6. The lowest BCUT2D eigenvalue weighted by Crippen LogP contribution is -2.30. The summed E-state index contributed by atoms with van der Waals surface area (Å²) in [6.07, 6.45) is 65.6. The van der Waals surface area contributed by atoms with Gasteiger partial charge in [0.15, 0.2) is 6.10 Å². The van der Waals surface area contributed by atoms with E-state index in [0.717, 1.165) is 116 Å². The van der Waals surface area contributed by atoms with Gasteiger partial charge >= 0.3 is 17.9 Å². The Bertz CT molecular complexity index is 1240. The van der Waals surface area contributed by atoms with Crippen LogP contribution in [0.1, 0.15) is 239 Å². The molecule has 0 heterocycles. The molecule has 0 fully saturated rings. The van der Waals surface area contributed by atoms with Crippen molar-refractivity contribution in [2.75, 3.05) is 13.2 Å². The van der Waals surface area contributed by atoms with E-state index < -0.39 is 6.10 Å². The molecule has 0 saturated carbocycles. The van der Waals surface area contributed by atoms with E-state index in [4.69, 9.17) is 14.2 Å². The molecule has 0 aliphatic heterocycles. The van der Waals surface area contributed by atoms with Crippen LogP contribution in [0.2, 0.25) is 0 Å². The highest BCUT2D eigenvalue weighted by molar-refractivity contribution is 5.71. The molecule has 0 aliphatic carbocycles. The molecule has 63 heavy (non-hydrogen) atoms. The van der Waals surface area contributed by atoms with Gasteiger partial charge in [-0.05, 0) is 116 Å². The van der Waals surface area contributed by atoms with Crippen molar-refractivity contribution in [1.29, 1.82) is 0 Å². The molecule has 0 radical (unpaired) electrons. The fraction of sp³-hybridized carbons (Fsp3) is 0.702. The van der Waals surface area contributed by atoms with Crippen molar-refractivity contribution in [3.8, 4) is 0 Å². The first-order chi connectivity index (χ1) is 31.0. The van der Waals surface area contributed by atoms with Gasteiger partial charge in [-0.25, -0.2) is 0 Å². The molecule has 0 aromatic heterocycles. The maximum atomic E-state index is 12.8. The van der Waals surface area contributed by atoms with Crippen LogP contribution < -0.4 is 0 Å². The van der Waals surface area contributed by atoms with E-state index in [9.17, 15) is 14.4 Å². The lowest BCUT2D eigenvalue weighted by molar-refractivity contribution is -0.167. The van der Waals surface area contributed by atoms with E-state index in [1.54, 1.807) is 0 Å². The SMILES string of the molecule is CC/C=C\C/C=C\C/C=C\C/C=C\CCCCCC(=O)OC(COC(=O)CCCCCCC/C=C\CCCCC)COC(=O)CCCCCCCCC/C=C\C/C=C\CCCCC. The third kappa shape index (κ3) is 49.5. The van der Waals surface area contributed by atoms with Crippen LogP contribution >= 0.6 is 0 Å². The highest BCUT2D eigenvalue weighted by Gasteiger charge is 2.19. The summed E-state index contributed by atoms with van der Waals surface area (Å²) < 4.78 is 16.8. The van der Waals surface area contributed by atoms with Crippen LogP contribution in [0.3, 0.4) is 0 Å². The molecule has 1 atom stereocenters. The molecule has 0 rings (SSSR count). The van der Waals surface area contributed by atoms with E-state index in [1.807, 2.05) is 0 Å². The van der Waals surface area contributed by atoms with Crippen LogP contribution in [0.5, 0.6) is 0 Å². The number of hydrogen-bond acceptors (Lipinski definition) is 6. The molecule has 0 aromatic carbocycles. The zero-order valence-corrected chi connectivity index (χ0v) is 41.1. The molecular weight excluding hydrogens is 781 g/mol. The Balaban J connectivity index is 4.46. The lowest BCUT2D eigenvalue weighted by Gasteiger charge is -2.18. The Labute approximate surface area is 388 Å². The van der Waals surface area contributed by atoms with Crippen molar-refractivity contribution >= 4 is 17.9 Å². The van der Waals surface area contributed by atoms with E-state index in [1.165, 1.54) is 83.5 Å². The molecule has 0 spiro atoms. The second kappa shape index (κ2) is 51.2. The molecule has 1 unspecified atom stereocenters. The summed E-state index contributed by atoms with van der Waals surface area (Å²) in [5, 5.41) is 0. The average molecular weight is 877 g/mol. The van der Waals surface area contributed by atoms with Gasteiger partial charge in [-0.1, -0.05) is 189 Å². The number of rotatable bonds is 46. The first-order valence-electron chi connectivity index (χ1n) is 26.1. The summed E-state index contributed by atoms with van der Waals surface area (Å²) in [7, 11) is 0. The molecule has 0 bridgehead atoms. The molecule has 0 aromatic rings. The van der Waals surface area contributed by atoms with Gasteiger partial charge in [0.05, 0.1) is 0 Å². The Morgan fingerprint density at radius 1 is 0.333 bits per heavy atom. The van der Waals surface area contributed by atoms with Gasteiger partial charge in [0.25, 0.3) is 0 Å². The number of carbonyl (C=O) groups is 3. The molecule has 0 saturated heterocycles. The van der Waals surface area contributed by atoms with Gasteiger partial charge in [0.1, 0.15) is 13.2 Å². The second-order valence-corrected chi connectivity index (χ2v) is 17.0. The van der Waals surface area contributed by atoms with Crippen molar-refractivity contribution in [3.05, 3.63) is 85.1 Å². The normalized spacial score (nSPS) is 12.7. The lowest BCUT2D eigenvalue weighted by atomic mass is 10.1. The molecule has 0 amide bonds. The van der Waals surface area contributed by atoms with E-state index in [2.05, 4.69) is 106 Å². The Hall–Kier alpha value is -3.41. The molecule has 0 N–H and O–H groups in total. The number of hydrogen-bond donors (Lipinski definition) is 0. The fourth-order valence-corrected chi connectivity index (χ4v) is 6.93. The number of allylic oxidation sites excluding steroid dienone is 14. The predicted octanol–water partition coefficient (Wildman–Crippen LogP) is 17.2. The third-order valence-electron chi connectivity index (χ3n) is 10.9. The van der Waals surface area contributed by atoms with Crippen LogP contribution in [0.25, 0.3) is 0 Å². The summed E-state index contributed by atoms with van der Waals surface area (Å²) >= 11 is 0. The van der Waals surface area contributed by atoms with Crippen LogP contribution in [0, 0.1) is 0 Å². The minimum Gasteiger partial charge on any atom is -0.462 e. The third-order valence-corrected chi connectivity index (χ3v) is 10.9. The van der Waals surface area contributed by atoms with Crippen LogP contribution in [0.4, 0.5) is 0 Å². The van der Waals surface area contributed by atoms with Gasteiger partial charge in [-0.3, -0.25) is 14.4 Å². The monoisotopic (exact) mass is 877 g/mol. The van der Waals surface area contributed by atoms with Gasteiger partial charge in [-0.15, -0.1) is 0 Å². The minimum atomic E-state index is -0.799. The summed E-state index contributed by atoms with van der Waals surface area (Å²) in [6, 6.07) is 0. The predicted molar refractivity (Wildman–Crippen MR) is 270 cm³/mol. The highest BCUT2D eigenvalue weighted by atomic mass is 16.6. The van der Waals surface area contributed by atoms with Gasteiger partial charge < -0.3 is 14.2 Å². The van der Waals surface area contributed by atoms with Crippen LogP contribution in [-0.4, -0.2) is 37.2 Å². The van der Waals surface area contributed by atoms with E-state index in [-0.39, 0.29) is 37.5 Å². The molecule has 360 valence electrons. The second-order valence-electron chi connectivity index (χ2n) is 17.0. The largest absolute Gasteiger partial charge is 0.462 e. The maximum Gasteiger partial charge on any atom is 0.306 e. The van der Waals surface area contributed by atoms with Crippen molar-refractivity contribution in [2.24, 2.45) is 0 Å². The van der Waals surface area contributed by atoms with Crippen molar-refractivity contribution < 1.29 is 28.6 Å². The zero-order valence-electron chi connectivity index (χ0n) is 41.1. The molecule has 0 aliphatic rings. The van der Waals surface area contributed by atoms with Crippen molar-refractivity contribution in [3.63, 3.8) is 0 Å². The van der Waals surface area contributed by atoms with Gasteiger partial charge in [0.2, 0.25) is 0 Å². The molecule has 6 heteroatoms. The summed E-state index contributed by atoms with van der Waals surface area (Å²) in [4.78, 5) is 38.0. The minimum absolute atomic E-state index is 0.0968. The Kier molecular flexibility index (Phi) is 48.5. The highest BCUT2D eigenvalue weighted by Crippen LogP contribution is 2.13. The van der Waals surface area contributed by atoms with Gasteiger partial charge in [-0.2, -0.15) is 0 Å². The quantitative estimate of drug-likeness (QED) is 0.0262. The number of unbranched alkanes of at least 4 members (excludes halogenated alkanes) is 21. The fourth-order valence-electron chi connectivity index (χ4n) is 6.93. The van der Waals surface area contributed by atoms with Crippen LogP contribution in [0.15, 0.2) is 85.1 Å². The first-order valence-corrected chi connectivity index (χ1v) is 26.1. The van der Waals surface area contributed by atoms with E-state index in [0.29, 0.717) is 12.8 Å². The smallest absolute Gasteiger partial charge is 0.306 e. The molecular formula is C57H96O6. The van der Waals surface area contributed by atoms with Crippen LogP contribution in [-0.2, 0) is 28.6 Å². The van der Waals surface area contributed by atoms with Crippen molar-refractivity contribution in [2.45, 2.75) is 245 Å². The summed E-state index contributed by atoms with van der Waals surface area (Å²) in [5.41, 5.74) is 0. The average Bonchev–Trinajstić information content (AvgIpc) is 3.28. The van der Waals surface area contributed by atoms with E-state index >= 15 is 0 Å². The van der Waals surface area contributed by atoms with Crippen molar-refractivity contribution in [1.82, 2.24) is 0 Å². The zero-order chi connectivity index (χ0) is 45.8. The Morgan fingerprint density at radius 2 is 0.619 bits per heavy atom. The number of ether oxygens (including phenoxy) is 3. The van der Waals surface area contributed by atoms with Gasteiger partial charge in [0, 0.05) is 19.3 Å². The number of esters is 3. The summed E-state index contributed by atoms with van der Waals surface area (Å²) in [5.74, 6) is -0.946. The maximum absolute atomic E-state index is 12.8. The topological polar surface area (TPSA) is 78.9 Å². The Morgan fingerprint density at radius 3 is 1.00 bits per heavy atom.